The predicted molar refractivity (Wildman–Crippen MR) is 71.5 cm³/mol. The highest BCUT2D eigenvalue weighted by Crippen LogP contribution is 2.29. The Hall–Kier alpha value is -2.04. The number of carbonyl (C=O) groups is 1. The first-order valence-electron chi connectivity index (χ1n) is 5.46. The zero-order valence-corrected chi connectivity index (χ0v) is 10.1. The highest BCUT2D eigenvalue weighted by atomic mass is 35.5. The predicted octanol–water partition coefficient (Wildman–Crippen LogP) is 2.83. The second-order valence-corrected chi connectivity index (χ2v) is 4.34. The number of hydrogen-bond donors (Lipinski definition) is 2. The summed E-state index contributed by atoms with van der Waals surface area (Å²) in [4.78, 5) is 12.3. The third-order valence-corrected chi connectivity index (χ3v) is 2.99. The number of carbonyl (C=O) groups excluding carboxylic acids is 1. The fraction of sp³-hybridized carbons (Fsp3) is 0. The molecule has 0 unspecified atom stereocenters. The summed E-state index contributed by atoms with van der Waals surface area (Å²) in [6.07, 6.45) is 0. The lowest BCUT2D eigenvalue weighted by Gasteiger charge is -2.15. The fourth-order valence-corrected chi connectivity index (χ4v) is 1.96. The molecule has 0 aliphatic carbocycles. The molecule has 1 aliphatic rings. The summed E-state index contributed by atoms with van der Waals surface area (Å²) in [5.74, 6) is -0.135. The lowest BCUT2D eigenvalue weighted by Crippen LogP contribution is -2.41. The smallest absolute Gasteiger partial charge is 0.274 e. The van der Waals surface area contributed by atoms with E-state index in [1.54, 1.807) is 24.3 Å². The van der Waals surface area contributed by atoms with Gasteiger partial charge in [-0.1, -0.05) is 23.7 Å². The van der Waals surface area contributed by atoms with Crippen molar-refractivity contribution < 1.29 is 4.79 Å². The summed E-state index contributed by atoms with van der Waals surface area (Å²) < 4.78 is 0. The van der Waals surface area contributed by atoms with Gasteiger partial charge in [0, 0.05) is 10.6 Å². The van der Waals surface area contributed by atoms with Crippen LogP contribution in [0.5, 0.6) is 0 Å². The molecular weight excluding hydrogens is 250 g/mol. The topological polar surface area (TPSA) is 44.4 Å². The van der Waals surface area contributed by atoms with E-state index in [1.807, 2.05) is 24.3 Å². The van der Waals surface area contributed by atoms with Crippen LogP contribution in [0.3, 0.4) is 0 Å². The highest BCUT2D eigenvalue weighted by molar-refractivity contribution is 6.30. The van der Waals surface area contributed by atoms with Crippen LogP contribution < -0.4 is 16.0 Å². The van der Waals surface area contributed by atoms with Crippen LogP contribution in [0.25, 0.3) is 0 Å². The molecule has 1 aliphatic heterocycles. The van der Waals surface area contributed by atoms with E-state index < -0.39 is 0 Å². The average molecular weight is 260 g/mol. The van der Waals surface area contributed by atoms with Crippen LogP contribution in [0.1, 0.15) is 10.4 Å². The minimum absolute atomic E-state index is 0.135. The average Bonchev–Trinajstić information content (AvgIpc) is 2.82. The Bertz CT molecular complexity index is 597. The van der Waals surface area contributed by atoms with Crippen molar-refractivity contribution in [2.24, 2.45) is 0 Å². The monoisotopic (exact) mass is 259 g/mol. The fourth-order valence-electron chi connectivity index (χ4n) is 1.83. The molecule has 0 radical (unpaired) electrons. The molecule has 18 heavy (non-hydrogen) atoms. The molecule has 0 spiro atoms. The van der Waals surface area contributed by atoms with Gasteiger partial charge in [0.1, 0.15) is 0 Å². The van der Waals surface area contributed by atoms with Gasteiger partial charge in [-0.15, -0.1) is 5.53 Å². The lowest BCUT2D eigenvalue weighted by atomic mass is 10.2. The molecule has 0 bridgehead atoms. The first kappa shape index (κ1) is 11.1. The van der Waals surface area contributed by atoms with E-state index in [0.717, 1.165) is 11.4 Å². The molecule has 0 aromatic heterocycles. The number of halogens is 1. The van der Waals surface area contributed by atoms with Crippen molar-refractivity contribution >= 4 is 28.9 Å². The van der Waals surface area contributed by atoms with Gasteiger partial charge in [-0.2, -0.15) is 0 Å². The summed E-state index contributed by atoms with van der Waals surface area (Å²) in [5.41, 5.74) is 8.03. The second-order valence-electron chi connectivity index (χ2n) is 3.90. The normalized spacial score (nSPS) is 13.1. The van der Waals surface area contributed by atoms with E-state index in [2.05, 4.69) is 11.0 Å². The van der Waals surface area contributed by atoms with Gasteiger partial charge < -0.3 is 5.43 Å². The number of para-hydroxylation sites is 2. The number of nitrogens with zero attached hydrogens (tertiary/aromatic N) is 1. The second kappa shape index (κ2) is 4.33. The van der Waals surface area contributed by atoms with Crippen molar-refractivity contribution in [2.45, 2.75) is 0 Å². The van der Waals surface area contributed by atoms with Gasteiger partial charge in [-0.3, -0.25) is 4.79 Å². The number of rotatable bonds is 1. The summed E-state index contributed by atoms with van der Waals surface area (Å²) in [7, 11) is 0. The van der Waals surface area contributed by atoms with Crippen molar-refractivity contribution in [3.63, 3.8) is 0 Å². The molecular formula is C13H10ClN3O. The molecule has 90 valence electrons. The van der Waals surface area contributed by atoms with Crippen LogP contribution in [0.4, 0.5) is 11.4 Å². The number of hydrogen-bond acceptors (Lipinski definition) is 3. The van der Waals surface area contributed by atoms with E-state index in [0.29, 0.717) is 10.6 Å². The summed E-state index contributed by atoms with van der Waals surface area (Å²) >= 11 is 5.80. The van der Waals surface area contributed by atoms with Gasteiger partial charge >= 0.3 is 0 Å². The van der Waals surface area contributed by atoms with Gasteiger partial charge in [0.2, 0.25) is 0 Å². The first-order chi connectivity index (χ1) is 8.75. The van der Waals surface area contributed by atoms with Gasteiger partial charge in [-0.05, 0) is 36.4 Å². The number of benzene rings is 2. The quantitative estimate of drug-likeness (QED) is 0.828. The van der Waals surface area contributed by atoms with Crippen LogP contribution in [0.2, 0.25) is 5.02 Å². The van der Waals surface area contributed by atoms with Crippen LogP contribution >= 0.6 is 11.6 Å². The maximum Gasteiger partial charge on any atom is 0.274 e. The molecule has 0 fully saturated rings. The Kier molecular flexibility index (Phi) is 2.66. The standard InChI is InChI=1S/C13H10ClN3O/c14-10-7-5-9(6-8-10)13(18)17-12-4-2-1-3-11(12)15-16-17/h1-8,15-16H. The van der Waals surface area contributed by atoms with Crippen molar-refractivity contribution in [2.75, 3.05) is 10.4 Å². The van der Waals surface area contributed by atoms with Gasteiger partial charge in [0.25, 0.3) is 5.91 Å². The van der Waals surface area contributed by atoms with Crippen molar-refractivity contribution in [1.82, 2.24) is 5.53 Å². The van der Waals surface area contributed by atoms with E-state index >= 15 is 0 Å². The molecule has 2 N–H and O–H groups in total. The molecule has 5 heteroatoms. The molecule has 2 aromatic carbocycles. The number of fused-ring (bicyclic) bond motifs is 1. The third kappa shape index (κ3) is 1.81. The summed E-state index contributed by atoms with van der Waals surface area (Å²) in [6, 6.07) is 14.4. The van der Waals surface area contributed by atoms with Gasteiger partial charge in [0.15, 0.2) is 0 Å². The highest BCUT2D eigenvalue weighted by Gasteiger charge is 2.24. The Morgan fingerprint density at radius 3 is 2.56 bits per heavy atom. The minimum atomic E-state index is -0.135. The molecule has 1 heterocycles. The maximum atomic E-state index is 12.3. The van der Waals surface area contributed by atoms with Gasteiger partial charge in [-0.25, -0.2) is 5.01 Å². The number of anilines is 2. The first-order valence-corrected chi connectivity index (χ1v) is 5.84. The van der Waals surface area contributed by atoms with E-state index in [1.165, 1.54) is 5.01 Å². The Morgan fingerprint density at radius 2 is 1.78 bits per heavy atom. The van der Waals surface area contributed by atoms with Crippen LogP contribution in [-0.4, -0.2) is 5.91 Å². The number of amides is 1. The molecule has 0 saturated carbocycles. The van der Waals surface area contributed by atoms with Crippen LogP contribution in [0, 0.1) is 0 Å². The summed E-state index contributed by atoms with van der Waals surface area (Å²) in [5, 5.41) is 2.08. The van der Waals surface area contributed by atoms with E-state index in [-0.39, 0.29) is 5.91 Å². The molecule has 4 nitrogen and oxygen atoms in total. The van der Waals surface area contributed by atoms with Crippen molar-refractivity contribution in [3.05, 3.63) is 59.1 Å². The van der Waals surface area contributed by atoms with Crippen molar-refractivity contribution in [3.8, 4) is 0 Å². The Morgan fingerprint density at radius 1 is 1.06 bits per heavy atom. The number of hydrazine groups is 2. The third-order valence-electron chi connectivity index (χ3n) is 2.74. The molecule has 3 rings (SSSR count). The minimum Gasteiger partial charge on any atom is -0.301 e. The summed E-state index contributed by atoms with van der Waals surface area (Å²) in [6.45, 7) is 0. The molecule has 0 atom stereocenters. The SMILES string of the molecule is O=C(c1ccc(Cl)cc1)N1NNc2ccccc21. The largest absolute Gasteiger partial charge is 0.301 e. The zero-order valence-electron chi connectivity index (χ0n) is 9.35. The van der Waals surface area contributed by atoms with Crippen molar-refractivity contribution in [1.29, 1.82) is 0 Å². The van der Waals surface area contributed by atoms with E-state index in [9.17, 15) is 4.79 Å². The Balaban J connectivity index is 1.93. The van der Waals surface area contributed by atoms with Crippen LogP contribution in [-0.2, 0) is 0 Å². The van der Waals surface area contributed by atoms with E-state index in [4.69, 9.17) is 11.6 Å². The maximum absolute atomic E-state index is 12.3. The molecule has 0 saturated heterocycles. The van der Waals surface area contributed by atoms with Gasteiger partial charge in [0.05, 0.1) is 11.4 Å². The number of nitrogens with one attached hydrogen (secondary N) is 2. The zero-order chi connectivity index (χ0) is 12.5. The molecule has 2 aromatic rings. The Labute approximate surface area is 109 Å². The molecule has 1 amide bonds. The van der Waals surface area contributed by atoms with Crippen LogP contribution in [0.15, 0.2) is 48.5 Å². The lowest BCUT2D eigenvalue weighted by molar-refractivity contribution is 0.0979.